The summed E-state index contributed by atoms with van der Waals surface area (Å²) in [5.74, 6) is 0. The molecule has 0 atom stereocenters. The molecular weight excluding hydrogens is 184 g/mol. The largest absolute Gasteiger partial charge is 0.252 e. The Bertz CT molecular complexity index is 428. The van der Waals surface area contributed by atoms with Crippen molar-refractivity contribution < 1.29 is 0 Å². The molecule has 0 saturated heterocycles. The summed E-state index contributed by atoms with van der Waals surface area (Å²) in [6.45, 7) is 13.7. The highest BCUT2D eigenvalue weighted by Gasteiger charge is 2.08. The van der Waals surface area contributed by atoms with E-state index < -0.39 is 0 Å². The van der Waals surface area contributed by atoms with E-state index in [2.05, 4.69) is 23.1 Å². The minimum atomic E-state index is 0.820. The van der Waals surface area contributed by atoms with Crippen LogP contribution < -0.4 is 0 Å². The van der Waals surface area contributed by atoms with Gasteiger partial charge in [-0.2, -0.15) is 0 Å². The van der Waals surface area contributed by atoms with E-state index in [4.69, 9.17) is 0 Å². The Morgan fingerprint density at radius 1 is 1.33 bits per heavy atom. The van der Waals surface area contributed by atoms with Gasteiger partial charge < -0.3 is 0 Å². The first-order chi connectivity index (χ1) is 7.06. The van der Waals surface area contributed by atoms with Gasteiger partial charge in [-0.15, -0.1) is 0 Å². The Kier molecular flexibility index (Phi) is 3.56. The Hall–Kier alpha value is -1.70. The van der Waals surface area contributed by atoms with Gasteiger partial charge in [0.15, 0.2) is 0 Å². The highest BCUT2D eigenvalue weighted by atomic mass is 14.8. The quantitative estimate of drug-likeness (QED) is 0.699. The van der Waals surface area contributed by atoms with Crippen LogP contribution in [0.5, 0.6) is 0 Å². The maximum Gasteiger partial charge on any atom is 0.0958 e. The Morgan fingerprint density at radius 2 is 2.00 bits per heavy atom. The second-order valence-electron chi connectivity index (χ2n) is 3.51. The number of aromatic nitrogens is 2. The number of allylic oxidation sites excluding steroid dienone is 4. The molecule has 0 fully saturated rings. The molecule has 0 unspecified atom stereocenters. The molecule has 0 amide bonds. The van der Waals surface area contributed by atoms with Crippen molar-refractivity contribution in [2.75, 3.05) is 0 Å². The molecule has 0 aromatic carbocycles. The summed E-state index contributed by atoms with van der Waals surface area (Å²) >= 11 is 0. The smallest absolute Gasteiger partial charge is 0.0958 e. The topological polar surface area (TPSA) is 25.8 Å². The normalized spacial score (nSPS) is 10.6. The molecule has 1 aromatic heterocycles. The minimum absolute atomic E-state index is 0.820. The summed E-state index contributed by atoms with van der Waals surface area (Å²) in [4.78, 5) is 8.76. The summed E-state index contributed by atoms with van der Waals surface area (Å²) in [6, 6.07) is 0. The van der Waals surface area contributed by atoms with E-state index in [9.17, 15) is 0 Å². The van der Waals surface area contributed by atoms with Crippen LogP contribution in [0.3, 0.4) is 0 Å². The van der Waals surface area contributed by atoms with Crippen LogP contribution in [0.15, 0.2) is 31.5 Å². The average molecular weight is 200 g/mol. The van der Waals surface area contributed by atoms with Crippen LogP contribution in [0.2, 0.25) is 0 Å². The summed E-state index contributed by atoms with van der Waals surface area (Å²) in [5.41, 5.74) is 4.31. The lowest BCUT2D eigenvalue weighted by molar-refractivity contribution is 1.07. The third-order valence-electron chi connectivity index (χ3n) is 1.97. The van der Waals surface area contributed by atoms with E-state index in [0.29, 0.717) is 0 Å². The van der Waals surface area contributed by atoms with Crippen molar-refractivity contribution in [3.63, 3.8) is 0 Å². The molecular formula is C13H16N2. The molecule has 15 heavy (non-hydrogen) atoms. The van der Waals surface area contributed by atoms with Crippen LogP contribution in [0, 0.1) is 6.92 Å². The van der Waals surface area contributed by atoms with Gasteiger partial charge in [-0.3, -0.25) is 4.98 Å². The number of hydrogen-bond donors (Lipinski definition) is 0. The average Bonchev–Trinajstić information content (AvgIpc) is 2.17. The van der Waals surface area contributed by atoms with E-state index in [0.717, 1.165) is 28.2 Å². The molecule has 0 radical (unpaired) electrons. The summed E-state index contributed by atoms with van der Waals surface area (Å²) in [6.07, 6.45) is 5.61. The van der Waals surface area contributed by atoms with Crippen molar-refractivity contribution in [1.82, 2.24) is 9.97 Å². The summed E-state index contributed by atoms with van der Waals surface area (Å²) in [5, 5.41) is 0. The standard InChI is InChI=1S/C13H16N2/c1-6-7-10(4)13-12(9(2)3)14-8-11(5)15-13/h6-8H,2,4H2,1,3,5H3/b7-6-. The molecule has 0 spiro atoms. The fourth-order valence-corrected chi connectivity index (χ4v) is 1.29. The summed E-state index contributed by atoms with van der Waals surface area (Å²) in [7, 11) is 0. The van der Waals surface area contributed by atoms with Gasteiger partial charge in [0.1, 0.15) is 0 Å². The van der Waals surface area contributed by atoms with Gasteiger partial charge in [-0.1, -0.05) is 25.3 Å². The van der Waals surface area contributed by atoms with Crippen LogP contribution in [0.25, 0.3) is 11.1 Å². The molecule has 78 valence electrons. The second-order valence-corrected chi connectivity index (χ2v) is 3.51. The second kappa shape index (κ2) is 4.69. The van der Waals surface area contributed by atoms with Crippen LogP contribution in [0.4, 0.5) is 0 Å². The number of nitrogens with zero attached hydrogens (tertiary/aromatic N) is 2. The zero-order chi connectivity index (χ0) is 11.4. The molecule has 2 heteroatoms. The van der Waals surface area contributed by atoms with Gasteiger partial charge in [-0.05, 0) is 31.9 Å². The van der Waals surface area contributed by atoms with E-state index in [1.165, 1.54) is 0 Å². The Balaban J connectivity index is 3.30. The monoisotopic (exact) mass is 200 g/mol. The highest BCUT2D eigenvalue weighted by Crippen LogP contribution is 2.20. The minimum Gasteiger partial charge on any atom is -0.252 e. The number of aryl methyl sites for hydroxylation is 1. The zero-order valence-electron chi connectivity index (χ0n) is 9.54. The van der Waals surface area contributed by atoms with Gasteiger partial charge in [0.25, 0.3) is 0 Å². The lowest BCUT2D eigenvalue weighted by Gasteiger charge is -2.08. The molecule has 1 aromatic rings. The third-order valence-corrected chi connectivity index (χ3v) is 1.97. The van der Waals surface area contributed by atoms with Crippen molar-refractivity contribution in [2.24, 2.45) is 0 Å². The van der Waals surface area contributed by atoms with Crippen molar-refractivity contribution in [2.45, 2.75) is 20.8 Å². The molecule has 1 rings (SSSR count). The van der Waals surface area contributed by atoms with Crippen LogP contribution in [-0.2, 0) is 0 Å². The third kappa shape index (κ3) is 2.62. The molecule has 2 nitrogen and oxygen atoms in total. The zero-order valence-corrected chi connectivity index (χ0v) is 9.54. The molecule has 0 aliphatic heterocycles. The molecule has 1 heterocycles. The van der Waals surface area contributed by atoms with E-state index in [1.54, 1.807) is 6.20 Å². The van der Waals surface area contributed by atoms with Gasteiger partial charge in [0.2, 0.25) is 0 Å². The van der Waals surface area contributed by atoms with Gasteiger partial charge in [0.05, 0.1) is 17.1 Å². The van der Waals surface area contributed by atoms with Crippen molar-refractivity contribution in [3.8, 4) is 0 Å². The predicted octanol–water partition coefficient (Wildman–Crippen LogP) is 3.41. The maximum atomic E-state index is 4.44. The van der Waals surface area contributed by atoms with E-state index >= 15 is 0 Å². The Labute approximate surface area is 91.1 Å². The van der Waals surface area contributed by atoms with Gasteiger partial charge in [0, 0.05) is 6.20 Å². The molecule has 0 bridgehead atoms. The van der Waals surface area contributed by atoms with E-state index in [-0.39, 0.29) is 0 Å². The van der Waals surface area contributed by atoms with Crippen LogP contribution >= 0.6 is 0 Å². The van der Waals surface area contributed by atoms with Crippen molar-refractivity contribution in [3.05, 3.63) is 48.6 Å². The first-order valence-electron chi connectivity index (χ1n) is 4.87. The highest BCUT2D eigenvalue weighted by molar-refractivity contribution is 5.77. The van der Waals surface area contributed by atoms with Crippen molar-refractivity contribution in [1.29, 1.82) is 0 Å². The first-order valence-corrected chi connectivity index (χ1v) is 4.87. The van der Waals surface area contributed by atoms with Crippen LogP contribution in [-0.4, -0.2) is 9.97 Å². The predicted molar refractivity (Wildman–Crippen MR) is 65.3 cm³/mol. The van der Waals surface area contributed by atoms with Gasteiger partial charge >= 0.3 is 0 Å². The lowest BCUT2D eigenvalue weighted by Crippen LogP contribution is -1.99. The van der Waals surface area contributed by atoms with Crippen molar-refractivity contribution >= 4 is 11.1 Å². The van der Waals surface area contributed by atoms with Gasteiger partial charge in [-0.25, -0.2) is 4.98 Å². The summed E-state index contributed by atoms with van der Waals surface area (Å²) < 4.78 is 0. The SMILES string of the molecule is C=C(C)c1ncc(C)nc1C(=C)/C=C\C. The van der Waals surface area contributed by atoms with Crippen LogP contribution in [0.1, 0.15) is 30.9 Å². The fourth-order valence-electron chi connectivity index (χ4n) is 1.29. The molecule has 0 N–H and O–H groups in total. The van der Waals surface area contributed by atoms with E-state index in [1.807, 2.05) is 32.9 Å². The Morgan fingerprint density at radius 3 is 2.53 bits per heavy atom. The maximum absolute atomic E-state index is 4.44. The number of rotatable bonds is 3. The molecule has 0 aliphatic carbocycles. The number of hydrogen-bond acceptors (Lipinski definition) is 2. The first kappa shape index (κ1) is 11.4. The molecule has 0 saturated carbocycles. The molecule has 0 aliphatic rings. The fraction of sp³-hybridized carbons (Fsp3) is 0.231. The lowest BCUT2D eigenvalue weighted by atomic mass is 10.1.